The Kier molecular flexibility index (Phi) is 8.31. The van der Waals surface area contributed by atoms with E-state index < -0.39 is 0 Å². The maximum Gasteiger partial charge on any atom is 0.257 e. The Balaban J connectivity index is 1.26. The smallest absolute Gasteiger partial charge is 0.257 e. The molecule has 3 heterocycles. The highest BCUT2D eigenvalue weighted by atomic mass is 16.5. The molecule has 1 saturated heterocycles. The lowest BCUT2D eigenvalue weighted by atomic mass is 10.1. The fourth-order valence-corrected chi connectivity index (χ4v) is 5.08. The molecule has 4 aromatic rings. The average molecular weight is 551 g/mol. The Bertz CT molecular complexity index is 1600. The number of aromatic nitrogens is 3. The molecule has 2 aromatic heterocycles. The average Bonchev–Trinajstić information content (AvgIpc) is 3.32. The van der Waals surface area contributed by atoms with Gasteiger partial charge < -0.3 is 18.9 Å². The van der Waals surface area contributed by atoms with Crippen LogP contribution in [-0.4, -0.2) is 63.5 Å². The van der Waals surface area contributed by atoms with Gasteiger partial charge in [-0.25, -0.2) is 4.98 Å². The van der Waals surface area contributed by atoms with E-state index in [0.717, 1.165) is 48.0 Å². The van der Waals surface area contributed by atoms with E-state index in [9.17, 15) is 10.1 Å². The van der Waals surface area contributed by atoms with Crippen molar-refractivity contribution in [3.05, 3.63) is 100 Å². The lowest BCUT2D eigenvalue weighted by Crippen LogP contribution is -2.48. The maximum atomic E-state index is 13.2. The molecular formula is C32H34N6O3. The SMILES string of the molecule is COc1ccc(C)cc1C(=O)N1CCN(Cc2cnc(C)n2Cc2ccc(C#N)c(Oc3cccnc3C)c2)CC1. The molecule has 0 N–H and O–H groups in total. The third-order valence-corrected chi connectivity index (χ3v) is 7.45. The molecule has 2 aromatic carbocycles. The van der Waals surface area contributed by atoms with Crippen molar-refractivity contribution in [3.8, 4) is 23.3 Å². The summed E-state index contributed by atoms with van der Waals surface area (Å²) in [6.07, 6.45) is 3.64. The van der Waals surface area contributed by atoms with E-state index in [0.29, 0.717) is 48.0 Å². The second-order valence-corrected chi connectivity index (χ2v) is 10.3. The number of methoxy groups -OCH3 is 1. The molecule has 0 unspecified atom stereocenters. The Morgan fingerprint density at radius 1 is 0.951 bits per heavy atom. The number of piperazine rings is 1. The monoisotopic (exact) mass is 550 g/mol. The highest BCUT2D eigenvalue weighted by Gasteiger charge is 2.25. The maximum absolute atomic E-state index is 13.2. The van der Waals surface area contributed by atoms with Crippen LogP contribution in [0.5, 0.6) is 17.2 Å². The van der Waals surface area contributed by atoms with E-state index in [1.165, 1.54) is 0 Å². The number of aryl methyl sites for hydroxylation is 3. The predicted molar refractivity (Wildman–Crippen MR) is 155 cm³/mol. The summed E-state index contributed by atoms with van der Waals surface area (Å²) in [5.41, 5.74) is 4.97. The molecule has 0 spiro atoms. The first-order valence-corrected chi connectivity index (χ1v) is 13.7. The number of hydrogen-bond acceptors (Lipinski definition) is 7. The Morgan fingerprint density at radius 3 is 2.49 bits per heavy atom. The van der Waals surface area contributed by atoms with E-state index in [2.05, 4.69) is 25.5 Å². The van der Waals surface area contributed by atoms with E-state index in [-0.39, 0.29) is 5.91 Å². The van der Waals surface area contributed by atoms with Crippen LogP contribution in [0.3, 0.4) is 0 Å². The highest BCUT2D eigenvalue weighted by molar-refractivity contribution is 5.97. The Labute approximate surface area is 240 Å². The largest absolute Gasteiger partial charge is 0.496 e. The second kappa shape index (κ2) is 12.2. The van der Waals surface area contributed by atoms with E-state index in [1.54, 1.807) is 19.4 Å². The van der Waals surface area contributed by atoms with Gasteiger partial charge in [-0.05, 0) is 62.7 Å². The normalized spacial score (nSPS) is 13.6. The third-order valence-electron chi connectivity index (χ3n) is 7.45. The van der Waals surface area contributed by atoms with Crippen molar-refractivity contribution in [1.82, 2.24) is 24.3 Å². The molecule has 9 nitrogen and oxygen atoms in total. The topological polar surface area (TPSA) is 96.5 Å². The molecule has 41 heavy (non-hydrogen) atoms. The van der Waals surface area contributed by atoms with Gasteiger partial charge in [0.2, 0.25) is 0 Å². The molecule has 9 heteroatoms. The molecule has 0 radical (unpaired) electrons. The Hall–Kier alpha value is -4.68. The number of nitriles is 1. The quantitative estimate of drug-likeness (QED) is 0.308. The molecule has 1 amide bonds. The van der Waals surface area contributed by atoms with Crippen LogP contribution in [0.4, 0.5) is 0 Å². The fourth-order valence-electron chi connectivity index (χ4n) is 5.08. The van der Waals surface area contributed by atoms with E-state index >= 15 is 0 Å². The molecule has 0 atom stereocenters. The molecule has 0 aliphatic carbocycles. The summed E-state index contributed by atoms with van der Waals surface area (Å²) in [4.78, 5) is 26.4. The van der Waals surface area contributed by atoms with Gasteiger partial charge in [-0.15, -0.1) is 0 Å². The van der Waals surface area contributed by atoms with Gasteiger partial charge >= 0.3 is 0 Å². The van der Waals surface area contributed by atoms with Crippen LogP contribution in [-0.2, 0) is 13.1 Å². The van der Waals surface area contributed by atoms with Crippen LogP contribution < -0.4 is 9.47 Å². The Morgan fingerprint density at radius 2 is 1.76 bits per heavy atom. The summed E-state index contributed by atoms with van der Waals surface area (Å²) in [6.45, 7) is 10.0. The number of imidazole rings is 1. The fraction of sp³-hybridized carbons (Fsp3) is 0.312. The van der Waals surface area contributed by atoms with E-state index in [4.69, 9.17) is 9.47 Å². The van der Waals surface area contributed by atoms with Gasteiger partial charge in [0.1, 0.15) is 29.1 Å². The third kappa shape index (κ3) is 6.23. The summed E-state index contributed by atoms with van der Waals surface area (Å²) < 4.78 is 13.7. The number of carbonyl (C=O) groups is 1. The molecular weight excluding hydrogens is 516 g/mol. The van der Waals surface area contributed by atoms with Crippen LogP contribution in [0.25, 0.3) is 0 Å². The van der Waals surface area contributed by atoms with Crippen LogP contribution >= 0.6 is 0 Å². The lowest BCUT2D eigenvalue weighted by Gasteiger charge is -2.35. The van der Waals surface area contributed by atoms with Crippen molar-refractivity contribution in [3.63, 3.8) is 0 Å². The first-order chi connectivity index (χ1) is 19.9. The van der Waals surface area contributed by atoms with Crippen molar-refractivity contribution < 1.29 is 14.3 Å². The number of ether oxygens (including phenoxy) is 2. The summed E-state index contributed by atoms with van der Waals surface area (Å²) >= 11 is 0. The first kappa shape index (κ1) is 27.9. The van der Waals surface area contributed by atoms with Gasteiger partial charge in [0.15, 0.2) is 0 Å². The van der Waals surface area contributed by atoms with Gasteiger partial charge in [0, 0.05) is 51.7 Å². The molecule has 1 aliphatic heterocycles. The zero-order chi connectivity index (χ0) is 28.9. The lowest BCUT2D eigenvalue weighted by molar-refractivity contribution is 0.0622. The van der Waals surface area contributed by atoms with Gasteiger partial charge in [-0.3, -0.25) is 14.7 Å². The zero-order valence-corrected chi connectivity index (χ0v) is 23.9. The molecule has 210 valence electrons. The minimum Gasteiger partial charge on any atom is -0.496 e. The van der Waals surface area contributed by atoms with Gasteiger partial charge in [-0.2, -0.15) is 5.26 Å². The molecule has 0 saturated carbocycles. The van der Waals surface area contributed by atoms with Crippen molar-refractivity contribution >= 4 is 5.91 Å². The van der Waals surface area contributed by atoms with Gasteiger partial charge in [0.25, 0.3) is 5.91 Å². The number of benzene rings is 2. The number of hydrogen-bond donors (Lipinski definition) is 0. The number of carbonyl (C=O) groups excluding carboxylic acids is 1. The molecule has 5 rings (SSSR count). The molecule has 1 fully saturated rings. The summed E-state index contributed by atoms with van der Waals surface area (Å²) in [5, 5.41) is 9.64. The van der Waals surface area contributed by atoms with Crippen molar-refractivity contribution in [2.75, 3.05) is 33.3 Å². The standard InChI is InChI=1S/C32H34N6O3/c1-22-7-10-30(40-4)28(16-22)32(39)37-14-12-36(13-15-37)21-27-19-35-24(3)38(27)20-25-8-9-26(18-33)31(17-25)41-29-6-5-11-34-23(29)2/h5-11,16-17,19H,12-15,20-21H2,1-4H3. The summed E-state index contributed by atoms with van der Waals surface area (Å²) in [5.74, 6) is 2.65. The van der Waals surface area contributed by atoms with Crippen molar-refractivity contribution in [2.45, 2.75) is 33.9 Å². The van der Waals surface area contributed by atoms with Crippen LogP contribution in [0.15, 0.2) is 60.9 Å². The zero-order valence-electron chi connectivity index (χ0n) is 23.9. The number of rotatable bonds is 8. The summed E-state index contributed by atoms with van der Waals surface area (Å²) in [6, 6.07) is 17.2. The minimum atomic E-state index is 0.00593. The number of amides is 1. The summed E-state index contributed by atoms with van der Waals surface area (Å²) in [7, 11) is 1.60. The first-order valence-electron chi connectivity index (χ1n) is 13.7. The predicted octanol–water partition coefficient (Wildman–Crippen LogP) is 4.88. The number of nitrogens with zero attached hydrogens (tertiary/aromatic N) is 6. The van der Waals surface area contributed by atoms with Gasteiger partial charge in [-0.1, -0.05) is 17.7 Å². The highest BCUT2D eigenvalue weighted by Crippen LogP contribution is 2.28. The van der Waals surface area contributed by atoms with Crippen molar-refractivity contribution in [2.24, 2.45) is 0 Å². The molecule has 0 bridgehead atoms. The molecule has 1 aliphatic rings. The van der Waals surface area contributed by atoms with E-state index in [1.807, 2.05) is 74.3 Å². The van der Waals surface area contributed by atoms with Crippen LogP contribution in [0.1, 0.15) is 44.3 Å². The number of pyridine rings is 1. The van der Waals surface area contributed by atoms with Crippen LogP contribution in [0.2, 0.25) is 0 Å². The van der Waals surface area contributed by atoms with Gasteiger partial charge in [0.05, 0.1) is 29.6 Å². The minimum absolute atomic E-state index is 0.00593. The van der Waals surface area contributed by atoms with Crippen LogP contribution in [0, 0.1) is 32.1 Å². The van der Waals surface area contributed by atoms with Crippen molar-refractivity contribution in [1.29, 1.82) is 5.26 Å². The second-order valence-electron chi connectivity index (χ2n) is 10.3.